The lowest BCUT2D eigenvalue weighted by Crippen LogP contribution is -2.46. The summed E-state index contributed by atoms with van der Waals surface area (Å²) in [6.45, 7) is 16.4. The zero-order chi connectivity index (χ0) is 61.9. The first-order valence-electron chi connectivity index (χ1n) is 29.0. The number of likely N-dealkylation sites (tertiary alicyclic amines) is 1. The van der Waals surface area contributed by atoms with Crippen molar-refractivity contribution in [1.82, 2.24) is 63.5 Å². The summed E-state index contributed by atoms with van der Waals surface area (Å²) in [7, 11) is 2.23. The van der Waals surface area contributed by atoms with E-state index >= 15 is 0 Å². The molecule has 0 aliphatic carbocycles. The van der Waals surface area contributed by atoms with Crippen LogP contribution in [0.4, 0.5) is 21.7 Å². The molecule has 0 amide bonds. The summed E-state index contributed by atoms with van der Waals surface area (Å²) < 4.78 is 52.3. The van der Waals surface area contributed by atoms with Crippen molar-refractivity contribution in [1.29, 1.82) is 0 Å². The Hall–Kier alpha value is -7.92. The second kappa shape index (κ2) is 29.1. The molecular weight excluding hydrogens is 1290 g/mol. The van der Waals surface area contributed by atoms with Gasteiger partial charge in [-0.2, -0.15) is 19.3 Å². The summed E-state index contributed by atoms with van der Waals surface area (Å²) in [5, 5.41) is 4.74. The van der Waals surface area contributed by atoms with Crippen molar-refractivity contribution in [2.24, 2.45) is 5.41 Å². The number of aromatic nitrogens is 12. The highest BCUT2D eigenvalue weighted by atomic mass is 79.9. The zero-order valence-corrected chi connectivity index (χ0v) is 53.1. The highest BCUT2D eigenvalue weighted by Crippen LogP contribution is 2.42. The smallest absolute Gasteiger partial charge is 0.278 e. The van der Waals surface area contributed by atoms with Crippen LogP contribution in [0, 0.1) is 11.4 Å². The molecule has 0 saturated carbocycles. The van der Waals surface area contributed by atoms with Crippen LogP contribution >= 0.6 is 43.6 Å². The fourth-order valence-electron chi connectivity index (χ4n) is 10.3. The largest absolute Gasteiger partial charge is 0.469 e. The van der Waals surface area contributed by atoms with Gasteiger partial charge < -0.3 is 43.5 Å². The number of pyridine rings is 4. The monoisotopic (exact) mass is 1360 g/mol. The van der Waals surface area contributed by atoms with Gasteiger partial charge in [-0.05, 0) is 144 Å². The lowest BCUT2D eigenvalue weighted by atomic mass is 9.71. The quantitative estimate of drug-likeness (QED) is 0.0411. The van der Waals surface area contributed by atoms with E-state index in [1.54, 1.807) is 62.9 Å². The summed E-state index contributed by atoms with van der Waals surface area (Å²) in [6, 6.07) is 29.5. The number of piperidine rings is 2. The average molecular weight is 1360 g/mol. The minimum absolute atomic E-state index is 0.0138. The minimum Gasteiger partial charge on any atom is -0.469 e. The number of nitrogens with one attached hydrogen (secondary N) is 1. The van der Waals surface area contributed by atoms with Gasteiger partial charge >= 0.3 is 0 Å². The highest BCUT2D eigenvalue weighted by Gasteiger charge is 2.37. The van der Waals surface area contributed by atoms with Crippen molar-refractivity contribution in [3.63, 3.8) is 0 Å². The second-order valence-corrected chi connectivity index (χ2v) is 23.9. The molecule has 8 aromatic heterocycles. The van der Waals surface area contributed by atoms with Crippen LogP contribution in [0.3, 0.4) is 0 Å². The highest BCUT2D eigenvalue weighted by molar-refractivity contribution is 9.10. The topological polar surface area (TPSA) is 231 Å². The summed E-state index contributed by atoms with van der Waals surface area (Å²) >= 11 is 7.69. The number of hydrogen-bond acceptors (Lipinski definition) is 20. The Bertz CT molecular complexity index is 4010. The van der Waals surface area contributed by atoms with Crippen LogP contribution in [-0.2, 0) is 27.3 Å². The number of fused-ring (bicyclic) bond motifs is 2. The van der Waals surface area contributed by atoms with Crippen molar-refractivity contribution in [3.8, 4) is 29.3 Å². The molecule has 5 fully saturated rings. The molecule has 0 atom stereocenters. The van der Waals surface area contributed by atoms with E-state index < -0.39 is 5.95 Å². The van der Waals surface area contributed by atoms with Crippen LogP contribution in [0.1, 0.15) is 25.7 Å². The molecule has 0 unspecified atom stereocenters. The van der Waals surface area contributed by atoms with Crippen molar-refractivity contribution in [3.05, 3.63) is 171 Å². The molecule has 5 aliphatic rings. The molecule has 1 N–H and O–H groups in total. The van der Waals surface area contributed by atoms with E-state index in [0.29, 0.717) is 119 Å². The Morgan fingerprint density at radius 2 is 1.09 bits per heavy atom. The van der Waals surface area contributed by atoms with Gasteiger partial charge in [0.1, 0.15) is 38.3 Å². The molecule has 0 bridgehead atoms. The van der Waals surface area contributed by atoms with Crippen LogP contribution in [0.5, 0.6) is 17.6 Å². The van der Waals surface area contributed by atoms with Crippen molar-refractivity contribution in [2.75, 3.05) is 89.3 Å². The zero-order valence-electron chi connectivity index (χ0n) is 49.1. The van der Waals surface area contributed by atoms with Gasteiger partial charge in [-0.25, -0.2) is 43.6 Å². The van der Waals surface area contributed by atoms with Crippen LogP contribution in [0.2, 0.25) is 0 Å². The van der Waals surface area contributed by atoms with Crippen LogP contribution in [0.15, 0.2) is 159 Å². The van der Waals surface area contributed by atoms with Gasteiger partial charge in [0.2, 0.25) is 29.5 Å². The van der Waals surface area contributed by atoms with E-state index in [0.717, 1.165) is 23.4 Å². The third-order valence-electron chi connectivity index (χ3n) is 15.4. The van der Waals surface area contributed by atoms with Gasteiger partial charge in [0.15, 0.2) is 28.1 Å². The van der Waals surface area contributed by atoms with Gasteiger partial charge in [-0.3, -0.25) is 9.59 Å². The van der Waals surface area contributed by atoms with Crippen molar-refractivity contribution < 1.29 is 32.8 Å². The van der Waals surface area contributed by atoms with Gasteiger partial charge in [-0.1, -0.05) is 48.2 Å². The SMILES string of the molecule is Brc1cccc(OC2COC2)n1.C=CCn1c(=O)c2cnc(Nc3ccc(N4CCC5(CCN(C)CC5)CC4)cc3)nc2n1-c1cccc(OC2COC2)n1.C=CCn1c(=O)c2cnc(SC)nc2n1-c1cccc(OC2COC2)n1.Fc1cccc(Br)n1. The van der Waals surface area contributed by atoms with Crippen LogP contribution in [0.25, 0.3) is 33.7 Å². The van der Waals surface area contributed by atoms with E-state index in [2.05, 4.69) is 126 Å². The molecular formula is C62H66Br2FN15O8S. The Labute approximate surface area is 533 Å². The van der Waals surface area contributed by atoms with Gasteiger partial charge in [-0.15, -0.1) is 13.2 Å². The molecule has 27 heteroatoms. The maximum Gasteiger partial charge on any atom is 0.278 e. The number of rotatable bonds is 16. The Morgan fingerprint density at radius 3 is 1.55 bits per heavy atom. The van der Waals surface area contributed by atoms with E-state index in [1.807, 2.05) is 48.7 Å². The molecule has 0 radical (unpaired) electrons. The summed E-state index contributed by atoms with van der Waals surface area (Å²) in [6.07, 6.45) is 13.7. The predicted molar refractivity (Wildman–Crippen MR) is 344 cm³/mol. The van der Waals surface area contributed by atoms with E-state index in [4.69, 9.17) is 33.4 Å². The normalized spacial score (nSPS) is 16.5. The minimum atomic E-state index is -0.459. The molecule has 14 rings (SSSR count). The fourth-order valence-corrected chi connectivity index (χ4v) is 11.3. The number of hydrogen-bond donors (Lipinski definition) is 1. The van der Waals surface area contributed by atoms with Crippen molar-refractivity contribution in [2.45, 2.75) is 62.2 Å². The number of halogens is 3. The molecule has 1 aromatic carbocycles. The number of allylic oxidation sites excluding steroid dienone is 2. The molecule has 5 aliphatic heterocycles. The molecule has 23 nitrogen and oxygen atoms in total. The molecule has 9 aromatic rings. The summed E-state index contributed by atoms with van der Waals surface area (Å²) in [5.41, 5.74) is 3.20. The second-order valence-electron chi connectivity index (χ2n) is 21.5. The summed E-state index contributed by atoms with van der Waals surface area (Å²) in [5.74, 6) is 2.59. The maximum absolute atomic E-state index is 13.3. The van der Waals surface area contributed by atoms with Gasteiger partial charge in [0, 0.05) is 55.1 Å². The molecule has 5 saturated heterocycles. The first kappa shape index (κ1) is 62.7. The van der Waals surface area contributed by atoms with Gasteiger partial charge in [0.25, 0.3) is 11.1 Å². The Morgan fingerprint density at radius 1 is 0.618 bits per heavy atom. The molecule has 13 heterocycles. The lowest BCUT2D eigenvalue weighted by Gasteiger charge is -2.46. The third kappa shape index (κ3) is 15.4. The van der Waals surface area contributed by atoms with Gasteiger partial charge in [0.05, 0.1) is 52.7 Å². The standard InChI is InChI=1S/C32H38N8O3.C17H17N5O3S.C8H8BrNO2.C5H3BrFN/c1-3-15-39-30(41)26-20-33-31(36-29(26)40(39)27-5-4-6-28(35-27)43-25-21-42-22-25)34-23-7-9-24(10-8-23)38-18-13-32(14-19-38)11-16-37(2)17-12-32;1-3-7-21-16(23)12-8-18-17(26-2)20-15(12)22(21)13-5-4-6-14(19-13)25-11-9-24-10-11;9-7-2-1-3-8(10-7)12-6-4-11-5-6;6-4-2-1-3-5(7)8-4/h3-10,20,25H,1,11-19,21-22H2,2H3,(H,33,34,36);3-6,8,11H,1,7,9-10H2,2H3;1-3,6H,4-5H2;1-3H. The number of anilines is 3. The van der Waals surface area contributed by atoms with Crippen molar-refractivity contribution >= 4 is 83.0 Å². The maximum atomic E-state index is 13.3. The third-order valence-corrected chi connectivity index (χ3v) is 16.8. The lowest BCUT2D eigenvalue weighted by molar-refractivity contribution is -0.0813. The average Bonchev–Trinajstić information content (AvgIpc) is 1.66. The first-order valence-corrected chi connectivity index (χ1v) is 31.8. The molecule has 464 valence electrons. The number of nitrogens with zero attached hydrogens (tertiary/aromatic N) is 14. The predicted octanol–water partition coefficient (Wildman–Crippen LogP) is 9.26. The molecule has 89 heavy (non-hydrogen) atoms. The number of benzene rings is 1. The van der Waals surface area contributed by atoms with Crippen LogP contribution < -0.4 is 35.5 Å². The first-order chi connectivity index (χ1) is 43.3. The fraction of sp³-hybridized carbons (Fsp3) is 0.355. The van der Waals surface area contributed by atoms with E-state index in [9.17, 15) is 14.0 Å². The number of thioether (sulfide) groups is 1. The number of ether oxygens (including phenoxy) is 6. The molecule has 1 spiro atoms. The Balaban J connectivity index is 0.000000148. The Kier molecular flexibility index (Phi) is 20.5. The summed E-state index contributed by atoms with van der Waals surface area (Å²) in [4.78, 5) is 65.8. The van der Waals surface area contributed by atoms with Crippen LogP contribution in [-0.4, -0.2) is 161 Å². The van der Waals surface area contributed by atoms with E-state index in [-0.39, 0.29) is 36.0 Å². The van der Waals surface area contributed by atoms with E-state index in [1.165, 1.54) is 67.0 Å².